The third kappa shape index (κ3) is 8.50. The van der Waals surface area contributed by atoms with E-state index in [1.165, 1.54) is 77.0 Å². The molecule has 1 saturated carbocycles. The van der Waals surface area contributed by atoms with Gasteiger partial charge in [-0.1, -0.05) is 52.4 Å². The summed E-state index contributed by atoms with van der Waals surface area (Å²) in [5.74, 6) is 0.888. The first-order chi connectivity index (χ1) is 13.9. The maximum Gasteiger partial charge on any atom is 0.171 e. The highest BCUT2D eigenvalue weighted by Gasteiger charge is 2.45. The molecule has 0 aromatic carbocycles. The molecule has 1 aliphatic heterocycles. The van der Waals surface area contributed by atoms with Crippen molar-refractivity contribution in [1.82, 2.24) is 0 Å². The number of epoxide rings is 1. The van der Waals surface area contributed by atoms with E-state index in [4.69, 9.17) is 14.2 Å². The fourth-order valence-electron chi connectivity index (χ4n) is 5.41. The van der Waals surface area contributed by atoms with E-state index in [0.717, 1.165) is 12.3 Å². The number of unbranched alkanes of at least 4 members (excludes halogenated alkanes) is 5. The van der Waals surface area contributed by atoms with Crippen LogP contribution < -0.4 is 0 Å². The van der Waals surface area contributed by atoms with Crippen LogP contribution in [0.2, 0.25) is 0 Å². The van der Waals surface area contributed by atoms with Crippen LogP contribution in [0.15, 0.2) is 0 Å². The van der Waals surface area contributed by atoms with Crippen LogP contribution in [0.5, 0.6) is 0 Å². The first kappa shape index (κ1) is 25.1. The summed E-state index contributed by atoms with van der Waals surface area (Å²) in [4.78, 5) is 0. The van der Waals surface area contributed by atoms with E-state index in [9.17, 15) is 0 Å². The van der Waals surface area contributed by atoms with Gasteiger partial charge in [0.15, 0.2) is 5.79 Å². The largest absolute Gasteiger partial charge is 0.370 e. The summed E-state index contributed by atoms with van der Waals surface area (Å²) in [6, 6.07) is 0. The van der Waals surface area contributed by atoms with Gasteiger partial charge in [-0.25, -0.2) is 0 Å². The molecular formula is C26H50O3. The van der Waals surface area contributed by atoms with E-state index in [1.54, 1.807) is 0 Å². The van der Waals surface area contributed by atoms with Crippen LogP contribution in [-0.2, 0) is 14.2 Å². The predicted octanol–water partition coefficient (Wildman–Crippen LogP) is 7.66. The van der Waals surface area contributed by atoms with Gasteiger partial charge in [0, 0.05) is 5.92 Å². The molecule has 0 aromatic heterocycles. The van der Waals surface area contributed by atoms with Crippen molar-refractivity contribution in [3.05, 3.63) is 0 Å². The minimum Gasteiger partial charge on any atom is -0.370 e. The van der Waals surface area contributed by atoms with Crippen LogP contribution in [0.1, 0.15) is 125 Å². The molecule has 0 amide bonds. The molecule has 4 unspecified atom stereocenters. The summed E-state index contributed by atoms with van der Waals surface area (Å²) in [5.41, 5.74) is 0. The molecule has 0 spiro atoms. The zero-order valence-corrected chi connectivity index (χ0v) is 20.4. The van der Waals surface area contributed by atoms with Crippen molar-refractivity contribution < 1.29 is 14.2 Å². The molecule has 1 saturated heterocycles. The van der Waals surface area contributed by atoms with Crippen LogP contribution in [-0.4, -0.2) is 30.2 Å². The molecule has 172 valence electrons. The molecular weight excluding hydrogens is 360 g/mol. The second-order valence-corrected chi connectivity index (χ2v) is 10.2. The molecule has 1 heterocycles. The van der Waals surface area contributed by atoms with Crippen molar-refractivity contribution in [2.45, 2.75) is 155 Å². The normalized spacial score (nSPS) is 25.4. The van der Waals surface area contributed by atoms with Gasteiger partial charge < -0.3 is 14.2 Å². The standard InChI is InChI=1S/C26H50O3/c1-7-9-10-11-12-13-14-23(17-15-22-16-18-24-25(19-22)27-24)26(8-2,28-20(3)4)29-21(5)6/h20-25H,7-19H2,1-6H3. The summed E-state index contributed by atoms with van der Waals surface area (Å²) < 4.78 is 18.9. The van der Waals surface area contributed by atoms with E-state index in [0.29, 0.717) is 18.1 Å². The minimum atomic E-state index is -0.432. The van der Waals surface area contributed by atoms with Crippen LogP contribution >= 0.6 is 0 Å². The fraction of sp³-hybridized carbons (Fsp3) is 1.00. The van der Waals surface area contributed by atoms with Crippen molar-refractivity contribution in [2.75, 3.05) is 0 Å². The molecule has 3 nitrogen and oxygen atoms in total. The van der Waals surface area contributed by atoms with Crippen molar-refractivity contribution in [3.8, 4) is 0 Å². The highest BCUT2D eigenvalue weighted by molar-refractivity contribution is 4.92. The average molecular weight is 411 g/mol. The number of hydrogen-bond donors (Lipinski definition) is 0. The highest BCUT2D eigenvalue weighted by atomic mass is 16.7. The Morgan fingerprint density at radius 2 is 1.48 bits per heavy atom. The average Bonchev–Trinajstić information content (AvgIpc) is 3.44. The van der Waals surface area contributed by atoms with Crippen molar-refractivity contribution in [2.24, 2.45) is 11.8 Å². The topological polar surface area (TPSA) is 31.0 Å². The van der Waals surface area contributed by atoms with E-state index in [1.807, 2.05) is 0 Å². The molecule has 4 atom stereocenters. The van der Waals surface area contributed by atoms with Crippen LogP contribution in [0.25, 0.3) is 0 Å². The lowest BCUT2D eigenvalue weighted by atomic mass is 9.80. The van der Waals surface area contributed by atoms with Crippen LogP contribution in [0.4, 0.5) is 0 Å². The number of hydrogen-bond acceptors (Lipinski definition) is 3. The Labute approximate surface area is 181 Å². The molecule has 0 aromatic rings. The third-order valence-corrected chi connectivity index (χ3v) is 6.93. The lowest BCUT2D eigenvalue weighted by molar-refractivity contribution is -0.299. The fourth-order valence-corrected chi connectivity index (χ4v) is 5.41. The van der Waals surface area contributed by atoms with Crippen LogP contribution in [0.3, 0.4) is 0 Å². The molecule has 3 heteroatoms. The van der Waals surface area contributed by atoms with Gasteiger partial charge in [-0.15, -0.1) is 0 Å². The smallest absolute Gasteiger partial charge is 0.171 e. The maximum atomic E-state index is 6.58. The second-order valence-electron chi connectivity index (χ2n) is 10.2. The Hall–Kier alpha value is -0.120. The lowest BCUT2D eigenvalue weighted by Crippen LogP contribution is -2.47. The van der Waals surface area contributed by atoms with E-state index in [2.05, 4.69) is 41.5 Å². The molecule has 2 rings (SSSR count). The van der Waals surface area contributed by atoms with Crippen molar-refractivity contribution in [1.29, 1.82) is 0 Å². The third-order valence-electron chi connectivity index (χ3n) is 6.93. The molecule has 29 heavy (non-hydrogen) atoms. The van der Waals surface area contributed by atoms with Crippen molar-refractivity contribution >= 4 is 0 Å². The SMILES string of the molecule is CCCCCCCCC(CCC1CCC2OC2C1)C(CC)(OC(C)C)OC(C)C. The highest BCUT2D eigenvalue weighted by Crippen LogP contribution is 2.43. The van der Waals surface area contributed by atoms with Crippen LogP contribution in [0, 0.1) is 11.8 Å². The predicted molar refractivity (Wildman–Crippen MR) is 122 cm³/mol. The number of ether oxygens (including phenoxy) is 3. The van der Waals surface area contributed by atoms with Gasteiger partial charge in [-0.2, -0.15) is 0 Å². The second kappa shape index (κ2) is 12.7. The summed E-state index contributed by atoms with van der Waals surface area (Å²) in [6.07, 6.45) is 18.3. The summed E-state index contributed by atoms with van der Waals surface area (Å²) in [6.45, 7) is 13.2. The summed E-state index contributed by atoms with van der Waals surface area (Å²) in [5, 5.41) is 0. The minimum absolute atomic E-state index is 0.191. The van der Waals surface area contributed by atoms with E-state index in [-0.39, 0.29) is 12.2 Å². The zero-order valence-electron chi connectivity index (χ0n) is 20.4. The van der Waals surface area contributed by atoms with Gasteiger partial charge in [-0.3, -0.25) is 0 Å². The Bertz CT molecular complexity index is 424. The van der Waals surface area contributed by atoms with Gasteiger partial charge in [0.1, 0.15) is 0 Å². The summed E-state index contributed by atoms with van der Waals surface area (Å²) in [7, 11) is 0. The first-order valence-electron chi connectivity index (χ1n) is 12.9. The Morgan fingerprint density at radius 1 is 0.828 bits per heavy atom. The summed E-state index contributed by atoms with van der Waals surface area (Å²) >= 11 is 0. The van der Waals surface area contributed by atoms with E-state index < -0.39 is 5.79 Å². The molecule has 1 aliphatic carbocycles. The van der Waals surface area contributed by atoms with Gasteiger partial charge >= 0.3 is 0 Å². The molecule has 0 bridgehead atoms. The number of fused-ring (bicyclic) bond motifs is 1. The molecule has 0 N–H and O–H groups in total. The Morgan fingerprint density at radius 3 is 2.07 bits per heavy atom. The van der Waals surface area contributed by atoms with Gasteiger partial charge in [0.05, 0.1) is 24.4 Å². The maximum absolute atomic E-state index is 6.58. The van der Waals surface area contributed by atoms with Gasteiger partial charge in [0.2, 0.25) is 0 Å². The molecule has 0 radical (unpaired) electrons. The Kier molecular flexibility index (Phi) is 11.0. The van der Waals surface area contributed by atoms with Gasteiger partial charge in [-0.05, 0) is 78.6 Å². The molecule has 2 fully saturated rings. The Balaban J connectivity index is 1.97. The quantitative estimate of drug-likeness (QED) is 0.149. The number of rotatable bonds is 16. The van der Waals surface area contributed by atoms with E-state index >= 15 is 0 Å². The lowest BCUT2D eigenvalue weighted by Gasteiger charge is -2.43. The first-order valence-corrected chi connectivity index (χ1v) is 12.9. The monoisotopic (exact) mass is 410 g/mol. The molecule has 2 aliphatic rings. The zero-order chi connectivity index (χ0) is 21.3. The van der Waals surface area contributed by atoms with Gasteiger partial charge in [0.25, 0.3) is 0 Å². The van der Waals surface area contributed by atoms with Crippen molar-refractivity contribution in [3.63, 3.8) is 0 Å².